The predicted molar refractivity (Wildman–Crippen MR) is 51.6 cm³/mol. The lowest BCUT2D eigenvalue weighted by atomic mass is 10.1. The van der Waals surface area contributed by atoms with Crippen molar-refractivity contribution >= 4 is 0 Å². The number of nitrogens with zero attached hydrogens (tertiary/aromatic N) is 2. The van der Waals surface area contributed by atoms with Gasteiger partial charge in [-0.3, -0.25) is 4.90 Å². The fraction of sp³-hybridized carbons (Fsp3) is 0.900. The van der Waals surface area contributed by atoms with Crippen molar-refractivity contribution in [3.63, 3.8) is 0 Å². The largest absolute Gasteiger partial charge is 0.405 e. The van der Waals surface area contributed by atoms with E-state index in [1.807, 2.05) is 6.92 Å². The van der Waals surface area contributed by atoms with E-state index in [1.54, 1.807) is 4.90 Å². The van der Waals surface area contributed by atoms with Crippen LogP contribution in [0, 0.1) is 17.2 Å². The van der Waals surface area contributed by atoms with Crippen LogP contribution < -0.4 is 0 Å². The molecule has 0 amide bonds. The number of rotatable bonds is 2. The SMILES string of the molecule is CC1CN(CC(C#N)C(F)(F)F)CCCO1. The Labute approximate surface area is 92.8 Å². The summed E-state index contributed by atoms with van der Waals surface area (Å²) in [6, 6.07) is 1.32. The lowest BCUT2D eigenvalue weighted by molar-refractivity contribution is -0.163. The molecule has 0 bridgehead atoms. The van der Waals surface area contributed by atoms with Crippen molar-refractivity contribution in [2.24, 2.45) is 5.92 Å². The molecule has 0 aromatic carbocycles. The average Bonchev–Trinajstić information content (AvgIpc) is 2.37. The molecule has 0 aromatic rings. The van der Waals surface area contributed by atoms with Crippen molar-refractivity contribution in [1.82, 2.24) is 4.90 Å². The van der Waals surface area contributed by atoms with Crippen LogP contribution in [-0.4, -0.2) is 43.4 Å². The lowest BCUT2D eigenvalue weighted by Crippen LogP contribution is -2.39. The highest BCUT2D eigenvalue weighted by Crippen LogP contribution is 2.26. The highest BCUT2D eigenvalue weighted by atomic mass is 19.4. The van der Waals surface area contributed by atoms with Crippen LogP contribution in [0.3, 0.4) is 0 Å². The summed E-state index contributed by atoms with van der Waals surface area (Å²) in [4.78, 5) is 1.65. The predicted octanol–water partition coefficient (Wildman–Crippen LogP) is 1.80. The van der Waals surface area contributed by atoms with Crippen LogP contribution in [0.4, 0.5) is 13.2 Å². The zero-order valence-corrected chi connectivity index (χ0v) is 9.13. The molecule has 3 nitrogen and oxygen atoms in total. The topological polar surface area (TPSA) is 36.3 Å². The van der Waals surface area contributed by atoms with Crippen LogP contribution in [0.5, 0.6) is 0 Å². The maximum atomic E-state index is 12.4. The van der Waals surface area contributed by atoms with Gasteiger partial charge in [-0.1, -0.05) is 0 Å². The quantitative estimate of drug-likeness (QED) is 0.733. The Morgan fingerprint density at radius 3 is 2.81 bits per heavy atom. The van der Waals surface area contributed by atoms with Gasteiger partial charge in [0.25, 0.3) is 0 Å². The number of hydrogen-bond donors (Lipinski definition) is 0. The first kappa shape index (κ1) is 13.3. The van der Waals surface area contributed by atoms with Gasteiger partial charge >= 0.3 is 6.18 Å². The summed E-state index contributed by atoms with van der Waals surface area (Å²) < 4.78 is 42.5. The first-order chi connectivity index (χ1) is 7.43. The fourth-order valence-electron chi connectivity index (χ4n) is 1.72. The zero-order valence-electron chi connectivity index (χ0n) is 9.13. The Kier molecular flexibility index (Phi) is 4.56. The molecule has 0 aromatic heterocycles. The van der Waals surface area contributed by atoms with Crippen LogP contribution in [0.2, 0.25) is 0 Å². The number of ether oxygens (including phenoxy) is 1. The maximum Gasteiger partial charge on any atom is 0.405 e. The third-order valence-corrected chi connectivity index (χ3v) is 2.53. The van der Waals surface area contributed by atoms with Crippen LogP contribution in [0.15, 0.2) is 0 Å². The van der Waals surface area contributed by atoms with Gasteiger partial charge in [-0.05, 0) is 13.3 Å². The molecule has 2 atom stereocenters. The van der Waals surface area contributed by atoms with Crippen molar-refractivity contribution in [3.05, 3.63) is 0 Å². The molecule has 16 heavy (non-hydrogen) atoms. The van der Waals surface area contributed by atoms with Gasteiger partial charge in [-0.15, -0.1) is 0 Å². The summed E-state index contributed by atoms with van der Waals surface area (Å²) in [6.45, 7) is 3.15. The van der Waals surface area contributed by atoms with E-state index in [-0.39, 0.29) is 12.6 Å². The van der Waals surface area contributed by atoms with Gasteiger partial charge in [0.05, 0.1) is 12.2 Å². The van der Waals surface area contributed by atoms with Gasteiger partial charge in [-0.25, -0.2) is 0 Å². The van der Waals surface area contributed by atoms with E-state index in [0.29, 0.717) is 26.1 Å². The van der Waals surface area contributed by atoms with E-state index >= 15 is 0 Å². The lowest BCUT2D eigenvalue weighted by Gasteiger charge is -2.25. The zero-order chi connectivity index (χ0) is 12.2. The molecule has 0 radical (unpaired) electrons. The molecule has 0 spiro atoms. The van der Waals surface area contributed by atoms with E-state index in [4.69, 9.17) is 10.00 Å². The summed E-state index contributed by atoms with van der Waals surface area (Å²) in [5.74, 6) is -1.90. The molecule has 6 heteroatoms. The van der Waals surface area contributed by atoms with Crippen molar-refractivity contribution in [1.29, 1.82) is 5.26 Å². The Bertz CT molecular complexity index is 262. The van der Waals surface area contributed by atoms with Gasteiger partial charge < -0.3 is 4.74 Å². The molecule has 92 valence electrons. The van der Waals surface area contributed by atoms with Gasteiger partial charge in [0.2, 0.25) is 0 Å². The van der Waals surface area contributed by atoms with Crippen molar-refractivity contribution in [2.45, 2.75) is 25.6 Å². The average molecular weight is 236 g/mol. The number of nitriles is 1. The van der Waals surface area contributed by atoms with E-state index in [1.165, 1.54) is 6.07 Å². The molecule has 0 aliphatic carbocycles. The molecule has 0 N–H and O–H groups in total. The molecule has 1 fully saturated rings. The Hall–Kier alpha value is -0.800. The first-order valence-corrected chi connectivity index (χ1v) is 5.23. The number of alkyl halides is 3. The molecule has 1 saturated heterocycles. The smallest absolute Gasteiger partial charge is 0.377 e. The molecule has 1 rings (SSSR count). The molecular formula is C10H15F3N2O. The highest BCUT2D eigenvalue weighted by Gasteiger charge is 2.41. The third-order valence-electron chi connectivity index (χ3n) is 2.53. The van der Waals surface area contributed by atoms with Gasteiger partial charge in [0.15, 0.2) is 5.92 Å². The first-order valence-electron chi connectivity index (χ1n) is 5.23. The summed E-state index contributed by atoms with van der Waals surface area (Å²) in [5, 5.41) is 8.50. The summed E-state index contributed by atoms with van der Waals surface area (Å²) in [5.41, 5.74) is 0. The molecular weight excluding hydrogens is 221 g/mol. The van der Waals surface area contributed by atoms with Gasteiger partial charge in [0, 0.05) is 26.2 Å². The minimum absolute atomic E-state index is 0.0740. The van der Waals surface area contributed by atoms with E-state index in [2.05, 4.69) is 0 Å². The minimum Gasteiger partial charge on any atom is -0.377 e. The van der Waals surface area contributed by atoms with Gasteiger partial charge in [-0.2, -0.15) is 18.4 Å². The third kappa shape index (κ3) is 3.99. The van der Waals surface area contributed by atoms with Crippen molar-refractivity contribution in [2.75, 3.05) is 26.2 Å². The van der Waals surface area contributed by atoms with E-state index in [9.17, 15) is 13.2 Å². The number of hydrogen-bond acceptors (Lipinski definition) is 3. The Balaban J connectivity index is 2.54. The molecule has 2 unspecified atom stereocenters. The summed E-state index contributed by atoms with van der Waals surface area (Å²) >= 11 is 0. The summed E-state index contributed by atoms with van der Waals surface area (Å²) in [6.07, 6.45) is -3.80. The second-order valence-electron chi connectivity index (χ2n) is 4.02. The van der Waals surface area contributed by atoms with E-state index in [0.717, 1.165) is 0 Å². The summed E-state index contributed by atoms with van der Waals surface area (Å²) in [7, 11) is 0. The highest BCUT2D eigenvalue weighted by molar-refractivity contribution is 4.91. The number of halogens is 3. The Morgan fingerprint density at radius 1 is 1.56 bits per heavy atom. The van der Waals surface area contributed by atoms with Crippen molar-refractivity contribution in [3.8, 4) is 6.07 Å². The fourth-order valence-corrected chi connectivity index (χ4v) is 1.72. The second kappa shape index (κ2) is 5.51. The molecule has 1 aliphatic rings. The molecule has 0 saturated carbocycles. The molecule has 1 aliphatic heterocycles. The van der Waals surface area contributed by atoms with E-state index < -0.39 is 12.1 Å². The normalized spacial score (nSPS) is 25.8. The standard InChI is InChI=1S/C10H15F3N2O/c1-8-6-15(3-2-4-16-8)7-9(5-14)10(11,12)13/h8-9H,2-4,6-7H2,1H3. The van der Waals surface area contributed by atoms with Gasteiger partial charge in [0.1, 0.15) is 0 Å². The van der Waals surface area contributed by atoms with Crippen molar-refractivity contribution < 1.29 is 17.9 Å². The van der Waals surface area contributed by atoms with Crippen LogP contribution >= 0.6 is 0 Å². The second-order valence-corrected chi connectivity index (χ2v) is 4.02. The minimum atomic E-state index is -4.44. The molecule has 1 heterocycles. The maximum absolute atomic E-state index is 12.4. The van der Waals surface area contributed by atoms with Crippen LogP contribution in [0.1, 0.15) is 13.3 Å². The Morgan fingerprint density at radius 2 is 2.25 bits per heavy atom. The van der Waals surface area contributed by atoms with Crippen LogP contribution in [-0.2, 0) is 4.74 Å². The monoisotopic (exact) mass is 236 g/mol. The van der Waals surface area contributed by atoms with Crippen LogP contribution in [0.25, 0.3) is 0 Å².